The molecule has 1 saturated heterocycles. The number of nitrogens with zero attached hydrogens (tertiary/aromatic N) is 1. The molecule has 0 saturated carbocycles. The Morgan fingerprint density at radius 3 is 2.50 bits per heavy atom. The van der Waals surface area contributed by atoms with Crippen molar-refractivity contribution in [1.29, 1.82) is 0 Å². The van der Waals surface area contributed by atoms with Crippen molar-refractivity contribution in [2.45, 2.75) is 45.2 Å². The fourth-order valence-corrected chi connectivity index (χ4v) is 3.42. The van der Waals surface area contributed by atoms with E-state index >= 15 is 0 Å². The summed E-state index contributed by atoms with van der Waals surface area (Å²) < 4.78 is 0. The maximum absolute atomic E-state index is 6.45. The van der Waals surface area contributed by atoms with Crippen molar-refractivity contribution in [3.05, 3.63) is 35.4 Å². The summed E-state index contributed by atoms with van der Waals surface area (Å²) in [5.41, 5.74) is 9.79. The predicted molar refractivity (Wildman–Crippen MR) is 75.5 cm³/mol. The molecule has 2 N–H and O–H groups in total. The molecule has 98 valence electrons. The van der Waals surface area contributed by atoms with Gasteiger partial charge in [0.15, 0.2) is 0 Å². The van der Waals surface area contributed by atoms with Gasteiger partial charge in [-0.25, -0.2) is 0 Å². The molecular formula is C16H24N2. The number of fused-ring (bicyclic) bond motifs is 1. The average molecular weight is 244 g/mol. The van der Waals surface area contributed by atoms with Crippen molar-refractivity contribution in [2.24, 2.45) is 11.1 Å². The highest BCUT2D eigenvalue weighted by molar-refractivity contribution is 5.36. The standard InChI is InChI=1S/C16H24N2/c1-16(2)7-9-18(10-8-16)14-11-12-5-3-4-6-13(12)15(14)17/h3-6,14-15H,7-11,17H2,1-2H3. The molecule has 2 aliphatic rings. The van der Waals surface area contributed by atoms with Crippen molar-refractivity contribution in [3.63, 3.8) is 0 Å². The lowest BCUT2D eigenvalue weighted by Gasteiger charge is -2.41. The minimum absolute atomic E-state index is 0.211. The van der Waals surface area contributed by atoms with Gasteiger partial charge >= 0.3 is 0 Å². The first-order valence-electron chi connectivity index (χ1n) is 7.14. The monoisotopic (exact) mass is 244 g/mol. The second kappa shape index (κ2) is 4.36. The van der Waals surface area contributed by atoms with E-state index in [0.717, 1.165) is 6.42 Å². The van der Waals surface area contributed by atoms with Gasteiger partial charge in [0.2, 0.25) is 0 Å². The molecule has 2 atom stereocenters. The van der Waals surface area contributed by atoms with Crippen LogP contribution in [0.3, 0.4) is 0 Å². The lowest BCUT2D eigenvalue weighted by molar-refractivity contribution is 0.0870. The van der Waals surface area contributed by atoms with Crippen LogP contribution in [-0.4, -0.2) is 24.0 Å². The first-order valence-corrected chi connectivity index (χ1v) is 7.14. The van der Waals surface area contributed by atoms with Gasteiger partial charge < -0.3 is 5.73 Å². The van der Waals surface area contributed by atoms with E-state index in [9.17, 15) is 0 Å². The summed E-state index contributed by atoms with van der Waals surface area (Å²) in [6, 6.07) is 9.42. The Morgan fingerprint density at radius 1 is 1.17 bits per heavy atom. The number of likely N-dealkylation sites (tertiary alicyclic amines) is 1. The van der Waals surface area contributed by atoms with E-state index in [1.807, 2.05) is 0 Å². The maximum Gasteiger partial charge on any atom is 0.0459 e. The second-order valence-corrected chi connectivity index (χ2v) is 6.70. The fraction of sp³-hybridized carbons (Fsp3) is 0.625. The molecule has 2 nitrogen and oxygen atoms in total. The summed E-state index contributed by atoms with van der Waals surface area (Å²) in [7, 11) is 0. The van der Waals surface area contributed by atoms with Crippen LogP contribution < -0.4 is 5.73 Å². The van der Waals surface area contributed by atoms with E-state index in [1.54, 1.807) is 0 Å². The molecule has 1 aliphatic heterocycles. The number of hydrogen-bond acceptors (Lipinski definition) is 2. The van der Waals surface area contributed by atoms with E-state index < -0.39 is 0 Å². The van der Waals surface area contributed by atoms with E-state index in [2.05, 4.69) is 43.0 Å². The van der Waals surface area contributed by atoms with Gasteiger partial charge in [0.25, 0.3) is 0 Å². The zero-order chi connectivity index (χ0) is 12.8. The topological polar surface area (TPSA) is 29.3 Å². The summed E-state index contributed by atoms with van der Waals surface area (Å²) in [5.74, 6) is 0. The molecule has 1 heterocycles. The molecule has 0 spiro atoms. The molecule has 1 aromatic rings. The van der Waals surface area contributed by atoms with Crippen LogP contribution in [0.25, 0.3) is 0 Å². The predicted octanol–water partition coefficient (Wildman–Crippen LogP) is 2.73. The Labute approximate surface area is 110 Å². The Morgan fingerprint density at radius 2 is 1.83 bits per heavy atom. The Balaban J connectivity index is 1.73. The molecule has 0 radical (unpaired) electrons. The van der Waals surface area contributed by atoms with Gasteiger partial charge in [-0.15, -0.1) is 0 Å². The van der Waals surface area contributed by atoms with Gasteiger partial charge in [-0.05, 0) is 48.9 Å². The molecule has 1 aromatic carbocycles. The highest BCUT2D eigenvalue weighted by atomic mass is 15.2. The third-order valence-electron chi connectivity index (χ3n) is 4.88. The zero-order valence-electron chi connectivity index (χ0n) is 11.5. The molecule has 3 rings (SSSR count). The van der Waals surface area contributed by atoms with Crippen molar-refractivity contribution >= 4 is 0 Å². The summed E-state index contributed by atoms with van der Waals surface area (Å²) in [6.07, 6.45) is 3.73. The van der Waals surface area contributed by atoms with E-state index in [0.29, 0.717) is 11.5 Å². The molecule has 1 fully saturated rings. The normalized spacial score (nSPS) is 31.3. The average Bonchev–Trinajstić information content (AvgIpc) is 2.68. The van der Waals surface area contributed by atoms with Crippen LogP contribution in [0.2, 0.25) is 0 Å². The van der Waals surface area contributed by atoms with Crippen LogP contribution in [0.5, 0.6) is 0 Å². The van der Waals surface area contributed by atoms with Gasteiger partial charge in [0.05, 0.1) is 0 Å². The Kier molecular flexibility index (Phi) is 2.95. The number of rotatable bonds is 1. The number of nitrogens with two attached hydrogens (primary N) is 1. The maximum atomic E-state index is 6.45. The summed E-state index contributed by atoms with van der Waals surface area (Å²) in [6.45, 7) is 7.18. The molecule has 0 amide bonds. The van der Waals surface area contributed by atoms with Crippen LogP contribution in [0.4, 0.5) is 0 Å². The first-order chi connectivity index (χ1) is 8.57. The summed E-state index contributed by atoms with van der Waals surface area (Å²) in [4.78, 5) is 2.62. The van der Waals surface area contributed by atoms with Gasteiger partial charge in [-0.3, -0.25) is 4.90 Å². The van der Waals surface area contributed by atoms with Gasteiger partial charge in [-0.2, -0.15) is 0 Å². The third kappa shape index (κ3) is 2.08. The van der Waals surface area contributed by atoms with Crippen molar-refractivity contribution in [3.8, 4) is 0 Å². The molecule has 0 bridgehead atoms. The van der Waals surface area contributed by atoms with Crippen molar-refractivity contribution in [1.82, 2.24) is 4.90 Å². The first kappa shape index (κ1) is 12.2. The van der Waals surface area contributed by atoms with E-state index in [-0.39, 0.29) is 6.04 Å². The lowest BCUT2D eigenvalue weighted by Crippen LogP contribution is -2.47. The Bertz CT molecular complexity index is 428. The van der Waals surface area contributed by atoms with Crippen LogP contribution in [0, 0.1) is 5.41 Å². The number of piperidine rings is 1. The summed E-state index contributed by atoms with van der Waals surface area (Å²) >= 11 is 0. The van der Waals surface area contributed by atoms with Crippen LogP contribution in [-0.2, 0) is 6.42 Å². The quantitative estimate of drug-likeness (QED) is 0.823. The number of hydrogen-bond donors (Lipinski definition) is 1. The minimum atomic E-state index is 0.211. The van der Waals surface area contributed by atoms with Crippen LogP contribution >= 0.6 is 0 Å². The van der Waals surface area contributed by atoms with Crippen molar-refractivity contribution < 1.29 is 0 Å². The van der Waals surface area contributed by atoms with Gasteiger partial charge in [0.1, 0.15) is 0 Å². The zero-order valence-corrected chi connectivity index (χ0v) is 11.5. The molecule has 0 aromatic heterocycles. The molecule has 18 heavy (non-hydrogen) atoms. The molecular weight excluding hydrogens is 220 g/mol. The second-order valence-electron chi connectivity index (χ2n) is 6.70. The molecule has 1 aliphatic carbocycles. The van der Waals surface area contributed by atoms with Crippen LogP contribution in [0.15, 0.2) is 24.3 Å². The number of benzene rings is 1. The highest BCUT2D eigenvalue weighted by Gasteiger charge is 2.36. The van der Waals surface area contributed by atoms with Crippen LogP contribution in [0.1, 0.15) is 43.9 Å². The Hall–Kier alpha value is -0.860. The van der Waals surface area contributed by atoms with E-state index in [1.165, 1.54) is 37.1 Å². The SMILES string of the molecule is CC1(C)CCN(C2Cc3ccccc3C2N)CC1. The van der Waals surface area contributed by atoms with Crippen molar-refractivity contribution in [2.75, 3.05) is 13.1 Å². The minimum Gasteiger partial charge on any atom is -0.323 e. The molecule has 2 heteroatoms. The summed E-state index contributed by atoms with van der Waals surface area (Å²) in [5, 5.41) is 0. The molecule has 2 unspecified atom stereocenters. The largest absolute Gasteiger partial charge is 0.323 e. The van der Waals surface area contributed by atoms with E-state index in [4.69, 9.17) is 5.73 Å². The van der Waals surface area contributed by atoms with Gasteiger partial charge in [-0.1, -0.05) is 38.1 Å². The fourth-order valence-electron chi connectivity index (χ4n) is 3.42. The highest BCUT2D eigenvalue weighted by Crippen LogP contribution is 2.37. The lowest BCUT2D eigenvalue weighted by atomic mass is 9.82. The third-order valence-corrected chi connectivity index (χ3v) is 4.88. The smallest absolute Gasteiger partial charge is 0.0459 e. The van der Waals surface area contributed by atoms with Gasteiger partial charge in [0, 0.05) is 12.1 Å².